The molecule has 0 aliphatic heterocycles. The summed E-state index contributed by atoms with van der Waals surface area (Å²) in [6.45, 7) is 0.313. The maximum atomic E-state index is 10.2. The predicted molar refractivity (Wildman–Crippen MR) is 144 cm³/mol. The molecule has 12 heteroatoms. The van der Waals surface area contributed by atoms with E-state index in [0.29, 0.717) is 36.9 Å². The molecule has 0 amide bonds. The first kappa shape index (κ1) is 37.3. The van der Waals surface area contributed by atoms with E-state index in [0.717, 1.165) is 36.8 Å². The second-order valence-electron chi connectivity index (χ2n) is 9.55. The number of hydrogen-bond donors (Lipinski definition) is 9. The van der Waals surface area contributed by atoms with Crippen molar-refractivity contribution in [3.63, 3.8) is 0 Å². The van der Waals surface area contributed by atoms with Crippen LogP contribution in [0.5, 0.6) is 0 Å². The van der Waals surface area contributed by atoms with Gasteiger partial charge in [0.25, 0.3) is 0 Å². The van der Waals surface area contributed by atoms with Gasteiger partial charge < -0.3 is 50.4 Å². The molecule has 1 aromatic heterocycles. The first-order valence-electron chi connectivity index (χ1n) is 12.9. The van der Waals surface area contributed by atoms with E-state index < -0.39 is 24.6 Å². The number of carboxylic acids is 1. The van der Waals surface area contributed by atoms with E-state index in [-0.39, 0.29) is 37.9 Å². The van der Waals surface area contributed by atoms with E-state index in [9.17, 15) is 9.59 Å². The molecule has 1 saturated carbocycles. The van der Waals surface area contributed by atoms with Crippen molar-refractivity contribution in [2.24, 2.45) is 17.3 Å². The molecular formula is C28H44O12. The Hall–Kier alpha value is -2.68. The topological polar surface area (TPSA) is 229 Å². The zero-order valence-electron chi connectivity index (χ0n) is 22.9. The summed E-state index contributed by atoms with van der Waals surface area (Å²) in [6.07, 6.45) is 4.92. The van der Waals surface area contributed by atoms with Crippen LogP contribution in [0.1, 0.15) is 65.6 Å². The molecule has 0 saturated heterocycles. The highest BCUT2D eigenvalue weighted by atomic mass is 16.4. The average molecular weight is 573 g/mol. The Labute approximate surface area is 233 Å². The Morgan fingerprint density at radius 1 is 0.800 bits per heavy atom. The van der Waals surface area contributed by atoms with Gasteiger partial charge >= 0.3 is 5.97 Å². The van der Waals surface area contributed by atoms with Crippen LogP contribution < -0.4 is 0 Å². The molecule has 0 radical (unpaired) electrons. The zero-order valence-corrected chi connectivity index (χ0v) is 22.9. The fourth-order valence-electron chi connectivity index (χ4n) is 3.46. The van der Waals surface area contributed by atoms with Crippen molar-refractivity contribution in [3.05, 3.63) is 58.5 Å². The summed E-state index contributed by atoms with van der Waals surface area (Å²) in [5, 5.41) is 77.5. The molecule has 1 aliphatic carbocycles. The summed E-state index contributed by atoms with van der Waals surface area (Å²) in [7, 11) is 0. The number of aliphatic hydroxyl groups excluding tert-OH is 8. The van der Waals surface area contributed by atoms with E-state index in [1.165, 1.54) is 13.0 Å². The van der Waals surface area contributed by atoms with Crippen LogP contribution in [-0.4, -0.2) is 84.6 Å². The van der Waals surface area contributed by atoms with Crippen LogP contribution >= 0.6 is 0 Å². The van der Waals surface area contributed by atoms with Crippen molar-refractivity contribution in [2.45, 2.75) is 59.0 Å². The Morgan fingerprint density at radius 3 is 1.45 bits per heavy atom. The summed E-state index contributed by atoms with van der Waals surface area (Å²) < 4.78 is 4.83. The van der Waals surface area contributed by atoms with E-state index in [1.54, 1.807) is 12.1 Å². The molecule has 40 heavy (non-hydrogen) atoms. The molecule has 0 bridgehead atoms. The highest BCUT2D eigenvalue weighted by Crippen LogP contribution is 2.27. The third-order valence-electron chi connectivity index (χ3n) is 6.50. The number of carboxylic acid groups (broad SMARTS) is 1. The van der Waals surface area contributed by atoms with Gasteiger partial charge in [0.15, 0.2) is 12.0 Å². The van der Waals surface area contributed by atoms with Gasteiger partial charge in [0.05, 0.1) is 33.0 Å². The van der Waals surface area contributed by atoms with Crippen LogP contribution in [0.3, 0.4) is 0 Å². The standard InChI is InChI=1S/C8H16O2.C8H10O2.C7H8O4.C5H10O4/c9-5-7-1-2-8(6-10)4-3-7;9-5-7-3-1-2-4-8(7)6-10;8-2-5-1-6(3-9)11-7(5)4-10;1-5(2-6,3-7)4(8)9/h7-10H,1-6H2;1-4,9-10H,5-6H2;1,3,8,10H,2,4H2;6-7H,2-3H2,1H3,(H,8,9). The van der Waals surface area contributed by atoms with E-state index in [4.69, 9.17) is 50.4 Å². The van der Waals surface area contributed by atoms with Gasteiger partial charge in [-0.15, -0.1) is 0 Å². The lowest BCUT2D eigenvalue weighted by molar-refractivity contribution is -0.152. The number of aldehydes is 1. The molecule has 0 spiro atoms. The maximum absolute atomic E-state index is 10.2. The van der Waals surface area contributed by atoms with Gasteiger partial charge in [-0.2, -0.15) is 0 Å². The lowest BCUT2D eigenvalue weighted by Gasteiger charge is -2.25. The summed E-state index contributed by atoms with van der Waals surface area (Å²) in [5.74, 6) is 0.214. The van der Waals surface area contributed by atoms with Crippen LogP contribution in [0, 0.1) is 17.3 Å². The lowest BCUT2D eigenvalue weighted by Crippen LogP contribution is -2.35. The number of aliphatic hydroxyl groups is 8. The highest BCUT2D eigenvalue weighted by molar-refractivity contribution is 5.74. The zero-order chi connectivity index (χ0) is 30.6. The molecule has 0 atom stereocenters. The number of carbonyl (C=O) groups excluding carboxylic acids is 1. The van der Waals surface area contributed by atoms with Gasteiger partial charge in [-0.1, -0.05) is 24.3 Å². The second-order valence-corrected chi connectivity index (χ2v) is 9.55. The predicted octanol–water partition coefficient (Wildman–Crippen LogP) is 0.587. The van der Waals surface area contributed by atoms with Crippen molar-refractivity contribution >= 4 is 12.3 Å². The van der Waals surface area contributed by atoms with E-state index in [1.807, 2.05) is 12.1 Å². The van der Waals surface area contributed by atoms with Crippen LogP contribution in [0.25, 0.3) is 0 Å². The summed E-state index contributed by atoms with van der Waals surface area (Å²) in [4.78, 5) is 20.3. The summed E-state index contributed by atoms with van der Waals surface area (Å²) >= 11 is 0. The fourth-order valence-corrected chi connectivity index (χ4v) is 3.46. The minimum Gasteiger partial charge on any atom is -0.481 e. The summed E-state index contributed by atoms with van der Waals surface area (Å²) in [6, 6.07) is 8.67. The quantitative estimate of drug-likeness (QED) is 0.178. The van der Waals surface area contributed by atoms with Crippen molar-refractivity contribution in [2.75, 3.05) is 26.4 Å². The first-order valence-corrected chi connectivity index (χ1v) is 12.9. The Balaban J connectivity index is 0.000000509. The molecule has 12 nitrogen and oxygen atoms in total. The molecule has 1 aliphatic rings. The average Bonchev–Trinajstić information content (AvgIpc) is 3.44. The van der Waals surface area contributed by atoms with Gasteiger partial charge in [0, 0.05) is 18.8 Å². The Bertz CT molecular complexity index is 890. The summed E-state index contributed by atoms with van der Waals surface area (Å²) in [5.41, 5.74) is 0.657. The Kier molecular flexibility index (Phi) is 19.7. The minimum atomic E-state index is -1.39. The lowest BCUT2D eigenvalue weighted by atomic mass is 9.83. The fraction of sp³-hybridized carbons (Fsp3) is 0.571. The van der Waals surface area contributed by atoms with Crippen LogP contribution in [0.4, 0.5) is 0 Å². The van der Waals surface area contributed by atoms with Crippen LogP contribution in [-0.2, 0) is 31.2 Å². The third-order valence-corrected chi connectivity index (χ3v) is 6.50. The molecule has 228 valence electrons. The monoisotopic (exact) mass is 572 g/mol. The van der Waals surface area contributed by atoms with Gasteiger partial charge in [0.2, 0.25) is 0 Å². The largest absolute Gasteiger partial charge is 0.481 e. The molecule has 2 aromatic rings. The van der Waals surface area contributed by atoms with Crippen molar-refractivity contribution in [3.8, 4) is 0 Å². The molecule has 1 fully saturated rings. The van der Waals surface area contributed by atoms with Crippen molar-refractivity contribution < 1.29 is 60.0 Å². The first-order chi connectivity index (χ1) is 19.1. The minimum absolute atomic E-state index is 0.00324. The molecule has 0 unspecified atom stereocenters. The van der Waals surface area contributed by atoms with E-state index in [2.05, 4.69) is 0 Å². The number of rotatable bonds is 10. The van der Waals surface area contributed by atoms with Gasteiger partial charge in [-0.05, 0) is 61.6 Å². The van der Waals surface area contributed by atoms with Gasteiger partial charge in [-0.25, -0.2) is 0 Å². The van der Waals surface area contributed by atoms with Gasteiger partial charge in [-0.3, -0.25) is 9.59 Å². The SMILES string of the molecule is CC(CO)(CO)C(=O)O.O=Cc1cc(CO)c(CO)o1.OCC1CCC(CO)CC1.OCc1ccccc1CO. The normalized spacial score (nSPS) is 16.3. The smallest absolute Gasteiger partial charge is 0.314 e. The highest BCUT2D eigenvalue weighted by Gasteiger charge is 2.31. The van der Waals surface area contributed by atoms with Crippen molar-refractivity contribution in [1.82, 2.24) is 0 Å². The maximum Gasteiger partial charge on any atom is 0.314 e. The van der Waals surface area contributed by atoms with Gasteiger partial charge in [0.1, 0.15) is 17.8 Å². The molecular weight excluding hydrogens is 528 g/mol. The Morgan fingerprint density at radius 2 is 1.23 bits per heavy atom. The van der Waals surface area contributed by atoms with Crippen LogP contribution in [0.2, 0.25) is 0 Å². The van der Waals surface area contributed by atoms with Crippen LogP contribution in [0.15, 0.2) is 34.7 Å². The van der Waals surface area contributed by atoms with Crippen molar-refractivity contribution in [1.29, 1.82) is 0 Å². The number of benzene rings is 1. The molecule has 1 aromatic carbocycles. The number of carbonyl (C=O) groups is 2. The second kappa shape index (κ2) is 21.1. The van der Waals surface area contributed by atoms with E-state index >= 15 is 0 Å². The molecule has 9 N–H and O–H groups in total. The molecule has 3 rings (SSSR count). The number of furan rings is 1. The molecule has 1 heterocycles. The third kappa shape index (κ3) is 13.1. The number of hydrogen-bond acceptors (Lipinski definition) is 11. The number of aliphatic carboxylic acids is 1.